The second kappa shape index (κ2) is 8.05. The molecule has 0 aliphatic heterocycles. The maximum atomic E-state index is 11.3. The summed E-state index contributed by atoms with van der Waals surface area (Å²) in [5.41, 5.74) is 1.11. The smallest absolute Gasteiger partial charge is 0.315 e. The van der Waals surface area contributed by atoms with E-state index in [1.807, 2.05) is 42.1 Å². The highest BCUT2D eigenvalue weighted by Crippen LogP contribution is 1.97. The van der Waals surface area contributed by atoms with Crippen molar-refractivity contribution in [1.29, 1.82) is 0 Å². The van der Waals surface area contributed by atoms with Gasteiger partial charge in [0.15, 0.2) is 0 Å². The molecular formula is C12H18N2OS. The quantitative estimate of drug-likeness (QED) is 0.746. The van der Waals surface area contributed by atoms with Gasteiger partial charge in [-0.25, -0.2) is 4.79 Å². The molecule has 0 radical (unpaired) electrons. The van der Waals surface area contributed by atoms with Crippen molar-refractivity contribution < 1.29 is 4.79 Å². The third kappa shape index (κ3) is 5.66. The summed E-state index contributed by atoms with van der Waals surface area (Å²) < 4.78 is 0. The van der Waals surface area contributed by atoms with Gasteiger partial charge in [0.25, 0.3) is 0 Å². The monoisotopic (exact) mass is 238 g/mol. The number of hydrogen-bond donors (Lipinski definition) is 2. The van der Waals surface area contributed by atoms with Gasteiger partial charge < -0.3 is 10.6 Å². The highest BCUT2D eigenvalue weighted by Gasteiger charge is 1.98. The number of nitrogens with one attached hydrogen (secondary N) is 2. The summed E-state index contributed by atoms with van der Waals surface area (Å²) in [5, 5.41) is 5.63. The van der Waals surface area contributed by atoms with Crippen LogP contribution in [-0.4, -0.2) is 24.1 Å². The number of carbonyl (C=O) groups is 1. The molecule has 0 unspecified atom stereocenters. The van der Waals surface area contributed by atoms with E-state index in [0.29, 0.717) is 6.54 Å². The van der Waals surface area contributed by atoms with Gasteiger partial charge in [-0.05, 0) is 11.3 Å². The van der Waals surface area contributed by atoms with Gasteiger partial charge in [0.05, 0.1) is 0 Å². The lowest BCUT2D eigenvalue weighted by Crippen LogP contribution is -2.36. The summed E-state index contributed by atoms with van der Waals surface area (Å²) in [6, 6.07) is 9.78. The van der Waals surface area contributed by atoms with Crippen molar-refractivity contribution >= 4 is 17.8 Å². The molecular weight excluding hydrogens is 220 g/mol. The van der Waals surface area contributed by atoms with Crippen LogP contribution < -0.4 is 10.6 Å². The van der Waals surface area contributed by atoms with E-state index in [2.05, 4.69) is 17.6 Å². The fourth-order valence-electron chi connectivity index (χ4n) is 1.22. The van der Waals surface area contributed by atoms with Gasteiger partial charge in [0.2, 0.25) is 0 Å². The lowest BCUT2D eigenvalue weighted by atomic mass is 10.2. The Hall–Kier alpha value is -1.16. The van der Waals surface area contributed by atoms with E-state index in [1.165, 1.54) is 0 Å². The Labute approximate surface area is 101 Å². The summed E-state index contributed by atoms with van der Waals surface area (Å²) in [7, 11) is 0. The SMILES string of the molecule is CCSCCNC(=O)NCc1ccccc1. The second-order valence-electron chi connectivity index (χ2n) is 3.29. The van der Waals surface area contributed by atoms with E-state index in [0.717, 1.165) is 23.6 Å². The summed E-state index contributed by atoms with van der Waals surface area (Å²) in [6.45, 7) is 3.41. The average molecular weight is 238 g/mol. The maximum absolute atomic E-state index is 11.3. The minimum absolute atomic E-state index is 0.0967. The molecule has 4 heteroatoms. The van der Waals surface area contributed by atoms with E-state index in [9.17, 15) is 4.79 Å². The third-order valence-electron chi connectivity index (χ3n) is 2.03. The number of urea groups is 1. The van der Waals surface area contributed by atoms with Crippen LogP contribution in [0, 0.1) is 0 Å². The Morgan fingerprint density at radius 2 is 2.00 bits per heavy atom. The topological polar surface area (TPSA) is 41.1 Å². The molecule has 0 fully saturated rings. The zero-order chi connectivity index (χ0) is 11.6. The summed E-state index contributed by atoms with van der Waals surface area (Å²) in [6.07, 6.45) is 0. The van der Waals surface area contributed by atoms with Crippen LogP contribution in [0.4, 0.5) is 4.79 Å². The molecule has 16 heavy (non-hydrogen) atoms. The standard InChI is InChI=1S/C12H18N2OS/c1-2-16-9-8-13-12(15)14-10-11-6-4-3-5-7-11/h3-7H,2,8-10H2,1H3,(H2,13,14,15). The number of carbonyl (C=O) groups excluding carboxylic acids is 1. The maximum Gasteiger partial charge on any atom is 0.315 e. The molecule has 2 amide bonds. The summed E-state index contributed by atoms with van der Waals surface area (Å²) in [4.78, 5) is 11.3. The van der Waals surface area contributed by atoms with E-state index < -0.39 is 0 Å². The largest absolute Gasteiger partial charge is 0.337 e. The van der Waals surface area contributed by atoms with Gasteiger partial charge in [-0.3, -0.25) is 0 Å². The molecule has 0 aliphatic rings. The highest BCUT2D eigenvalue weighted by molar-refractivity contribution is 7.99. The van der Waals surface area contributed by atoms with E-state index >= 15 is 0 Å². The average Bonchev–Trinajstić information content (AvgIpc) is 2.33. The zero-order valence-electron chi connectivity index (χ0n) is 9.53. The molecule has 0 aromatic heterocycles. The number of benzene rings is 1. The number of hydrogen-bond acceptors (Lipinski definition) is 2. The molecule has 0 saturated carbocycles. The molecule has 1 rings (SSSR count). The molecule has 0 aliphatic carbocycles. The van der Waals surface area contributed by atoms with Gasteiger partial charge in [-0.1, -0.05) is 37.3 Å². The van der Waals surface area contributed by atoms with Crippen LogP contribution in [0.2, 0.25) is 0 Å². The van der Waals surface area contributed by atoms with E-state index in [-0.39, 0.29) is 6.03 Å². The zero-order valence-corrected chi connectivity index (χ0v) is 10.3. The molecule has 0 heterocycles. The lowest BCUT2D eigenvalue weighted by molar-refractivity contribution is 0.241. The van der Waals surface area contributed by atoms with Gasteiger partial charge in [-0.2, -0.15) is 11.8 Å². The van der Waals surface area contributed by atoms with Crippen LogP contribution in [0.15, 0.2) is 30.3 Å². The molecule has 1 aromatic rings. The first-order chi connectivity index (χ1) is 7.83. The van der Waals surface area contributed by atoms with Crippen molar-refractivity contribution in [3.8, 4) is 0 Å². The van der Waals surface area contributed by atoms with Crippen LogP contribution in [0.25, 0.3) is 0 Å². The van der Waals surface area contributed by atoms with E-state index in [4.69, 9.17) is 0 Å². The Balaban J connectivity index is 2.11. The van der Waals surface area contributed by atoms with Crippen molar-refractivity contribution in [3.63, 3.8) is 0 Å². The molecule has 0 bridgehead atoms. The van der Waals surface area contributed by atoms with Crippen molar-refractivity contribution in [2.75, 3.05) is 18.1 Å². The molecule has 2 N–H and O–H groups in total. The Kier molecular flexibility index (Phi) is 6.49. The molecule has 0 atom stereocenters. The molecule has 1 aromatic carbocycles. The van der Waals surface area contributed by atoms with Crippen molar-refractivity contribution in [2.45, 2.75) is 13.5 Å². The Morgan fingerprint density at radius 3 is 2.69 bits per heavy atom. The number of amides is 2. The van der Waals surface area contributed by atoms with E-state index in [1.54, 1.807) is 0 Å². The minimum Gasteiger partial charge on any atom is -0.337 e. The van der Waals surface area contributed by atoms with Crippen LogP contribution in [0.1, 0.15) is 12.5 Å². The highest BCUT2D eigenvalue weighted by atomic mass is 32.2. The van der Waals surface area contributed by atoms with Gasteiger partial charge in [0, 0.05) is 18.8 Å². The predicted octanol–water partition coefficient (Wildman–Crippen LogP) is 2.24. The Bertz CT molecular complexity index is 303. The molecule has 0 spiro atoms. The summed E-state index contributed by atoms with van der Waals surface area (Å²) in [5.74, 6) is 2.06. The first kappa shape index (κ1) is 12.9. The second-order valence-corrected chi connectivity index (χ2v) is 4.69. The van der Waals surface area contributed by atoms with Crippen molar-refractivity contribution in [3.05, 3.63) is 35.9 Å². The number of thioether (sulfide) groups is 1. The Morgan fingerprint density at radius 1 is 1.25 bits per heavy atom. The fourth-order valence-corrected chi connectivity index (χ4v) is 1.76. The first-order valence-corrected chi connectivity index (χ1v) is 6.61. The molecule has 0 saturated heterocycles. The van der Waals surface area contributed by atoms with Crippen LogP contribution in [-0.2, 0) is 6.54 Å². The predicted molar refractivity (Wildman–Crippen MR) is 69.7 cm³/mol. The van der Waals surface area contributed by atoms with Gasteiger partial charge in [-0.15, -0.1) is 0 Å². The van der Waals surface area contributed by atoms with Crippen LogP contribution in [0.3, 0.4) is 0 Å². The van der Waals surface area contributed by atoms with Crippen molar-refractivity contribution in [1.82, 2.24) is 10.6 Å². The fraction of sp³-hybridized carbons (Fsp3) is 0.417. The minimum atomic E-state index is -0.0967. The molecule has 88 valence electrons. The summed E-state index contributed by atoms with van der Waals surface area (Å²) >= 11 is 1.82. The lowest BCUT2D eigenvalue weighted by Gasteiger charge is -2.07. The molecule has 3 nitrogen and oxygen atoms in total. The van der Waals surface area contributed by atoms with Crippen molar-refractivity contribution in [2.24, 2.45) is 0 Å². The third-order valence-corrected chi connectivity index (χ3v) is 2.93. The van der Waals surface area contributed by atoms with Gasteiger partial charge >= 0.3 is 6.03 Å². The van der Waals surface area contributed by atoms with Crippen LogP contribution >= 0.6 is 11.8 Å². The van der Waals surface area contributed by atoms with Crippen LogP contribution in [0.5, 0.6) is 0 Å². The number of rotatable bonds is 6. The van der Waals surface area contributed by atoms with Gasteiger partial charge in [0.1, 0.15) is 0 Å². The first-order valence-electron chi connectivity index (χ1n) is 5.46. The normalized spacial score (nSPS) is 9.81.